The number of rotatable bonds is 4. The lowest BCUT2D eigenvalue weighted by Gasteiger charge is -2.09. The lowest BCUT2D eigenvalue weighted by molar-refractivity contribution is 0.301. The Morgan fingerprint density at radius 2 is 1.87 bits per heavy atom. The molecule has 3 rings (SSSR count). The van der Waals surface area contributed by atoms with Gasteiger partial charge in [-0.25, -0.2) is 0 Å². The molecule has 0 saturated carbocycles. The molecule has 4 nitrogen and oxygen atoms in total. The zero-order valence-electron chi connectivity index (χ0n) is 13.1. The van der Waals surface area contributed by atoms with Crippen LogP contribution in [0.3, 0.4) is 0 Å². The average Bonchev–Trinajstić information content (AvgIpc) is 2.99. The Morgan fingerprint density at radius 1 is 1.13 bits per heavy atom. The number of benzene rings is 2. The minimum absolute atomic E-state index is 0.413. The molecule has 1 heterocycles. The molecule has 0 fully saturated rings. The minimum atomic E-state index is 0.413. The van der Waals surface area contributed by atoms with E-state index in [0.717, 1.165) is 44.5 Å². The van der Waals surface area contributed by atoms with Crippen molar-refractivity contribution in [3.8, 4) is 17.0 Å². The SMILES string of the molecule is Cc1cc(OCc2cc(-c3cccc(N)c3)n[nH]2)cc(C)c1Cl. The smallest absolute Gasteiger partial charge is 0.130 e. The number of nitrogen functional groups attached to an aromatic ring is 1. The molecule has 0 aliphatic heterocycles. The fourth-order valence-corrected chi connectivity index (χ4v) is 2.54. The normalized spacial score (nSPS) is 10.7. The second-order valence-corrected chi connectivity index (χ2v) is 5.94. The van der Waals surface area contributed by atoms with Crippen LogP contribution < -0.4 is 10.5 Å². The maximum atomic E-state index is 6.17. The molecule has 3 aromatic rings. The van der Waals surface area contributed by atoms with Crippen LogP contribution in [0.5, 0.6) is 5.75 Å². The third-order valence-electron chi connectivity index (χ3n) is 3.62. The predicted octanol–water partition coefficient (Wildman–Crippen LogP) is 4.51. The lowest BCUT2D eigenvalue weighted by Crippen LogP contribution is -1.97. The van der Waals surface area contributed by atoms with Gasteiger partial charge in [0.05, 0.1) is 11.4 Å². The molecular weight excluding hydrogens is 310 g/mol. The van der Waals surface area contributed by atoms with Gasteiger partial charge in [0.15, 0.2) is 0 Å². The third kappa shape index (κ3) is 3.48. The molecule has 0 amide bonds. The molecule has 23 heavy (non-hydrogen) atoms. The van der Waals surface area contributed by atoms with Gasteiger partial charge in [-0.3, -0.25) is 5.10 Å². The van der Waals surface area contributed by atoms with Crippen LogP contribution >= 0.6 is 11.6 Å². The largest absolute Gasteiger partial charge is 0.487 e. The summed E-state index contributed by atoms with van der Waals surface area (Å²) in [4.78, 5) is 0. The second-order valence-electron chi connectivity index (χ2n) is 5.56. The van der Waals surface area contributed by atoms with Crippen molar-refractivity contribution >= 4 is 17.3 Å². The van der Waals surface area contributed by atoms with Crippen molar-refractivity contribution in [2.45, 2.75) is 20.5 Å². The van der Waals surface area contributed by atoms with Gasteiger partial charge in [0.1, 0.15) is 12.4 Å². The molecule has 118 valence electrons. The summed E-state index contributed by atoms with van der Waals surface area (Å²) in [6.07, 6.45) is 0. The monoisotopic (exact) mass is 327 g/mol. The first-order valence-electron chi connectivity index (χ1n) is 7.32. The van der Waals surface area contributed by atoms with Crippen LogP contribution in [0.4, 0.5) is 5.69 Å². The summed E-state index contributed by atoms with van der Waals surface area (Å²) in [5.74, 6) is 0.796. The van der Waals surface area contributed by atoms with Crippen molar-refractivity contribution < 1.29 is 4.74 Å². The zero-order chi connectivity index (χ0) is 16.4. The summed E-state index contributed by atoms with van der Waals surface area (Å²) in [6.45, 7) is 4.35. The quantitative estimate of drug-likeness (QED) is 0.693. The number of nitrogens with two attached hydrogens (primary N) is 1. The number of nitrogens with one attached hydrogen (secondary N) is 1. The van der Waals surface area contributed by atoms with Gasteiger partial charge < -0.3 is 10.5 Å². The number of halogens is 1. The first-order valence-corrected chi connectivity index (χ1v) is 7.70. The summed E-state index contributed by atoms with van der Waals surface area (Å²) < 4.78 is 5.83. The highest BCUT2D eigenvalue weighted by Gasteiger charge is 2.07. The van der Waals surface area contributed by atoms with E-state index in [-0.39, 0.29) is 0 Å². The highest BCUT2D eigenvalue weighted by Crippen LogP contribution is 2.26. The van der Waals surface area contributed by atoms with Crippen molar-refractivity contribution in [2.75, 3.05) is 5.73 Å². The van der Waals surface area contributed by atoms with Crippen LogP contribution in [-0.2, 0) is 6.61 Å². The van der Waals surface area contributed by atoms with E-state index >= 15 is 0 Å². The summed E-state index contributed by atoms with van der Waals surface area (Å²) in [5.41, 5.74) is 11.3. The molecule has 0 radical (unpaired) electrons. The Bertz CT molecular complexity index is 819. The van der Waals surface area contributed by atoms with Crippen molar-refractivity contribution in [3.63, 3.8) is 0 Å². The van der Waals surface area contributed by atoms with E-state index in [1.165, 1.54) is 0 Å². The summed E-state index contributed by atoms with van der Waals surface area (Å²) in [5, 5.41) is 8.08. The minimum Gasteiger partial charge on any atom is -0.487 e. The number of hydrogen-bond acceptors (Lipinski definition) is 3. The summed E-state index contributed by atoms with van der Waals surface area (Å²) in [7, 11) is 0. The fourth-order valence-electron chi connectivity index (χ4n) is 2.43. The van der Waals surface area contributed by atoms with E-state index in [1.807, 2.05) is 56.3 Å². The molecule has 2 aromatic carbocycles. The highest BCUT2D eigenvalue weighted by atomic mass is 35.5. The maximum absolute atomic E-state index is 6.17. The second kappa shape index (κ2) is 6.34. The van der Waals surface area contributed by atoms with Crippen LogP contribution in [0.25, 0.3) is 11.3 Å². The van der Waals surface area contributed by atoms with Gasteiger partial charge in [-0.2, -0.15) is 5.10 Å². The van der Waals surface area contributed by atoms with Crippen LogP contribution in [0, 0.1) is 13.8 Å². The number of aromatic nitrogens is 2. The van der Waals surface area contributed by atoms with Crippen LogP contribution in [0.2, 0.25) is 5.02 Å². The molecule has 0 spiro atoms. The van der Waals surface area contributed by atoms with Crippen molar-refractivity contribution in [1.82, 2.24) is 10.2 Å². The van der Waals surface area contributed by atoms with E-state index in [2.05, 4.69) is 10.2 Å². The Hall–Kier alpha value is -2.46. The lowest BCUT2D eigenvalue weighted by atomic mass is 10.1. The maximum Gasteiger partial charge on any atom is 0.130 e. The number of H-pyrrole nitrogens is 1. The van der Waals surface area contributed by atoms with Crippen LogP contribution in [0.1, 0.15) is 16.8 Å². The van der Waals surface area contributed by atoms with E-state index < -0.39 is 0 Å². The van der Waals surface area contributed by atoms with Gasteiger partial charge in [-0.1, -0.05) is 23.7 Å². The molecule has 0 bridgehead atoms. The van der Waals surface area contributed by atoms with E-state index in [0.29, 0.717) is 6.61 Å². The first-order chi connectivity index (χ1) is 11.0. The molecule has 0 atom stereocenters. The van der Waals surface area contributed by atoms with Gasteiger partial charge >= 0.3 is 0 Å². The molecule has 0 aliphatic carbocycles. The van der Waals surface area contributed by atoms with Gasteiger partial charge in [0, 0.05) is 16.3 Å². The Balaban J connectivity index is 1.73. The zero-order valence-corrected chi connectivity index (χ0v) is 13.8. The van der Waals surface area contributed by atoms with E-state index in [4.69, 9.17) is 22.1 Å². The average molecular weight is 328 g/mol. The molecular formula is C18H18ClN3O. The predicted molar refractivity (Wildman–Crippen MR) is 93.7 cm³/mol. The highest BCUT2D eigenvalue weighted by molar-refractivity contribution is 6.32. The van der Waals surface area contributed by atoms with Gasteiger partial charge in [0.25, 0.3) is 0 Å². The number of ether oxygens (including phenoxy) is 1. The first kappa shape index (κ1) is 15.4. The van der Waals surface area contributed by atoms with E-state index in [9.17, 15) is 0 Å². The number of anilines is 1. The Kier molecular flexibility index (Phi) is 4.26. The summed E-state index contributed by atoms with van der Waals surface area (Å²) in [6, 6.07) is 13.5. The van der Waals surface area contributed by atoms with Gasteiger partial charge in [-0.15, -0.1) is 0 Å². The Labute approximate surface area is 140 Å². The number of aryl methyl sites for hydroxylation is 2. The van der Waals surface area contributed by atoms with Crippen molar-refractivity contribution in [3.05, 3.63) is 64.3 Å². The van der Waals surface area contributed by atoms with Gasteiger partial charge in [-0.05, 0) is 55.3 Å². The molecule has 0 unspecified atom stereocenters. The molecule has 1 aromatic heterocycles. The van der Waals surface area contributed by atoms with Gasteiger partial charge in [0.2, 0.25) is 0 Å². The number of aromatic amines is 1. The Morgan fingerprint density at radius 3 is 2.57 bits per heavy atom. The van der Waals surface area contributed by atoms with Crippen LogP contribution in [0.15, 0.2) is 42.5 Å². The van der Waals surface area contributed by atoms with Crippen molar-refractivity contribution in [2.24, 2.45) is 0 Å². The number of nitrogens with zero attached hydrogens (tertiary/aromatic N) is 1. The summed E-state index contributed by atoms with van der Waals surface area (Å²) >= 11 is 6.17. The molecule has 5 heteroatoms. The topological polar surface area (TPSA) is 63.9 Å². The van der Waals surface area contributed by atoms with Crippen LogP contribution in [-0.4, -0.2) is 10.2 Å². The molecule has 0 saturated heterocycles. The van der Waals surface area contributed by atoms with E-state index in [1.54, 1.807) is 0 Å². The fraction of sp³-hybridized carbons (Fsp3) is 0.167. The molecule has 3 N–H and O–H groups in total. The third-order valence-corrected chi connectivity index (χ3v) is 4.21. The van der Waals surface area contributed by atoms with Crippen molar-refractivity contribution in [1.29, 1.82) is 0 Å². The standard InChI is InChI=1S/C18H18ClN3O/c1-11-6-16(7-12(2)18(11)19)23-10-15-9-17(22-21-15)13-4-3-5-14(20)8-13/h3-9H,10,20H2,1-2H3,(H,21,22). The molecule has 0 aliphatic rings. The number of hydrogen-bond donors (Lipinski definition) is 2.